The van der Waals surface area contributed by atoms with Gasteiger partial charge >= 0.3 is 6.18 Å². The van der Waals surface area contributed by atoms with Crippen LogP contribution in [0.15, 0.2) is 35.7 Å². The van der Waals surface area contributed by atoms with Crippen LogP contribution in [-0.2, 0) is 6.42 Å². The first-order valence-corrected chi connectivity index (χ1v) is 7.38. The Morgan fingerprint density at radius 1 is 1.24 bits per heavy atom. The van der Waals surface area contributed by atoms with Gasteiger partial charge in [0.15, 0.2) is 0 Å². The Labute approximate surface area is 125 Å². The number of alkyl halides is 3. The van der Waals surface area contributed by atoms with Crippen molar-refractivity contribution in [3.63, 3.8) is 0 Å². The molecule has 0 bridgehead atoms. The summed E-state index contributed by atoms with van der Waals surface area (Å²) in [5.74, 6) is 5.33. The third kappa shape index (κ3) is 5.11. The molecule has 3 N–H and O–H groups in total. The summed E-state index contributed by atoms with van der Waals surface area (Å²) >= 11 is 1.43. The van der Waals surface area contributed by atoms with Crippen LogP contribution in [-0.4, -0.2) is 17.2 Å². The highest BCUT2D eigenvalue weighted by atomic mass is 32.1. The van der Waals surface area contributed by atoms with Crippen molar-refractivity contribution < 1.29 is 13.2 Å². The second-order valence-corrected chi connectivity index (χ2v) is 5.66. The number of nitrogens with two attached hydrogens (primary N) is 1. The van der Waals surface area contributed by atoms with Gasteiger partial charge in [0.05, 0.1) is 10.7 Å². The molecule has 1 aromatic heterocycles. The Hall–Kier alpha value is -1.44. The van der Waals surface area contributed by atoms with Crippen molar-refractivity contribution in [2.24, 2.45) is 5.84 Å². The molecule has 0 amide bonds. The number of nitrogens with zero attached hydrogens (tertiary/aromatic N) is 1. The molecule has 1 atom stereocenters. The van der Waals surface area contributed by atoms with Crippen LogP contribution in [0.25, 0.3) is 11.3 Å². The van der Waals surface area contributed by atoms with Gasteiger partial charge in [-0.1, -0.05) is 30.3 Å². The van der Waals surface area contributed by atoms with E-state index < -0.39 is 18.6 Å². The summed E-state index contributed by atoms with van der Waals surface area (Å²) in [4.78, 5) is 4.45. The SMILES string of the molecule is NNC(CCC(F)(F)F)Cc1nc(-c2ccccc2)cs1. The molecule has 7 heteroatoms. The zero-order chi connectivity index (χ0) is 15.3. The Morgan fingerprint density at radius 2 is 1.95 bits per heavy atom. The largest absolute Gasteiger partial charge is 0.389 e. The fraction of sp³-hybridized carbons (Fsp3) is 0.357. The van der Waals surface area contributed by atoms with Gasteiger partial charge in [-0.15, -0.1) is 11.3 Å². The summed E-state index contributed by atoms with van der Waals surface area (Å²) in [5.41, 5.74) is 4.27. The summed E-state index contributed by atoms with van der Waals surface area (Å²) in [6, 6.07) is 9.22. The van der Waals surface area contributed by atoms with Crippen LogP contribution in [0.5, 0.6) is 0 Å². The van der Waals surface area contributed by atoms with Gasteiger partial charge in [0, 0.05) is 29.8 Å². The van der Waals surface area contributed by atoms with Crippen LogP contribution in [0.1, 0.15) is 17.8 Å². The van der Waals surface area contributed by atoms with Crippen molar-refractivity contribution in [3.8, 4) is 11.3 Å². The standard InChI is InChI=1S/C14H16F3N3S/c15-14(16,17)7-6-11(20-18)8-13-19-12(9-21-13)10-4-2-1-3-5-10/h1-5,9,11,20H,6-8,18H2. The van der Waals surface area contributed by atoms with Crippen LogP contribution in [0.2, 0.25) is 0 Å². The van der Waals surface area contributed by atoms with Gasteiger partial charge in [-0.25, -0.2) is 4.98 Å². The Kier molecular flexibility index (Phi) is 5.33. The molecule has 0 aliphatic carbocycles. The van der Waals surface area contributed by atoms with Crippen molar-refractivity contribution in [1.29, 1.82) is 0 Å². The molecule has 3 nitrogen and oxygen atoms in total. The quantitative estimate of drug-likeness (QED) is 0.633. The maximum Gasteiger partial charge on any atom is 0.389 e. The van der Waals surface area contributed by atoms with Gasteiger partial charge in [-0.05, 0) is 6.42 Å². The van der Waals surface area contributed by atoms with Crippen molar-refractivity contribution >= 4 is 11.3 Å². The second kappa shape index (κ2) is 7.02. The maximum atomic E-state index is 12.2. The predicted molar refractivity (Wildman–Crippen MR) is 77.7 cm³/mol. The van der Waals surface area contributed by atoms with Gasteiger partial charge in [0.2, 0.25) is 0 Å². The average molecular weight is 315 g/mol. The van der Waals surface area contributed by atoms with Crippen molar-refractivity contribution in [3.05, 3.63) is 40.7 Å². The molecule has 0 spiro atoms. The summed E-state index contributed by atoms with van der Waals surface area (Å²) in [6.07, 6.45) is -4.67. The zero-order valence-electron chi connectivity index (χ0n) is 11.2. The molecular weight excluding hydrogens is 299 g/mol. The number of aromatic nitrogens is 1. The fourth-order valence-electron chi connectivity index (χ4n) is 1.94. The lowest BCUT2D eigenvalue weighted by Crippen LogP contribution is -2.37. The van der Waals surface area contributed by atoms with Gasteiger partial charge in [0.25, 0.3) is 0 Å². The fourth-order valence-corrected chi connectivity index (χ4v) is 2.82. The van der Waals surface area contributed by atoms with Crippen molar-refractivity contribution in [2.45, 2.75) is 31.5 Å². The predicted octanol–water partition coefficient (Wildman–Crippen LogP) is 3.53. The Morgan fingerprint density at radius 3 is 2.57 bits per heavy atom. The van der Waals surface area contributed by atoms with E-state index in [9.17, 15) is 13.2 Å². The van der Waals surface area contributed by atoms with Crippen LogP contribution in [0.4, 0.5) is 13.2 Å². The number of hydrazine groups is 1. The molecule has 0 fully saturated rings. The van der Waals surface area contributed by atoms with E-state index in [1.807, 2.05) is 35.7 Å². The minimum Gasteiger partial charge on any atom is -0.271 e. The number of thiazole rings is 1. The average Bonchev–Trinajstić information content (AvgIpc) is 2.92. The first-order valence-electron chi connectivity index (χ1n) is 6.50. The van der Waals surface area contributed by atoms with Gasteiger partial charge in [0.1, 0.15) is 0 Å². The maximum absolute atomic E-state index is 12.2. The lowest BCUT2D eigenvalue weighted by molar-refractivity contribution is -0.136. The summed E-state index contributed by atoms with van der Waals surface area (Å²) in [6.45, 7) is 0. The van der Waals surface area contributed by atoms with E-state index in [4.69, 9.17) is 5.84 Å². The van der Waals surface area contributed by atoms with E-state index >= 15 is 0 Å². The molecule has 1 heterocycles. The normalized spacial score (nSPS) is 13.3. The number of hydrogen-bond donors (Lipinski definition) is 2. The van der Waals surface area contributed by atoms with Gasteiger partial charge < -0.3 is 0 Å². The van der Waals surface area contributed by atoms with Crippen molar-refractivity contribution in [2.75, 3.05) is 0 Å². The summed E-state index contributed by atoms with van der Waals surface area (Å²) < 4.78 is 36.7. The lowest BCUT2D eigenvalue weighted by Gasteiger charge is -2.15. The van der Waals surface area contributed by atoms with E-state index in [0.717, 1.165) is 16.3 Å². The Bertz CT molecular complexity index is 554. The minimum absolute atomic E-state index is 0.0553. The number of hydrogen-bond acceptors (Lipinski definition) is 4. The van der Waals surface area contributed by atoms with Crippen molar-refractivity contribution in [1.82, 2.24) is 10.4 Å². The second-order valence-electron chi connectivity index (χ2n) is 4.71. The van der Waals surface area contributed by atoms with E-state index in [1.54, 1.807) is 0 Å². The molecule has 0 radical (unpaired) electrons. The molecule has 21 heavy (non-hydrogen) atoms. The number of benzene rings is 1. The molecular formula is C14H16F3N3S. The molecule has 1 aromatic carbocycles. The molecule has 0 saturated heterocycles. The van der Waals surface area contributed by atoms with Gasteiger partial charge in [-0.2, -0.15) is 13.2 Å². The lowest BCUT2D eigenvalue weighted by atomic mass is 10.1. The third-order valence-corrected chi connectivity index (χ3v) is 3.93. The molecule has 0 saturated carbocycles. The molecule has 0 aliphatic rings. The molecule has 114 valence electrons. The number of nitrogens with one attached hydrogen (secondary N) is 1. The van der Waals surface area contributed by atoms with E-state index in [2.05, 4.69) is 10.4 Å². The molecule has 1 unspecified atom stereocenters. The third-order valence-electron chi connectivity index (χ3n) is 3.05. The summed E-state index contributed by atoms with van der Waals surface area (Å²) in [5, 5.41) is 2.68. The zero-order valence-corrected chi connectivity index (χ0v) is 12.0. The van der Waals surface area contributed by atoms with E-state index in [-0.39, 0.29) is 6.42 Å². The monoisotopic (exact) mass is 315 g/mol. The smallest absolute Gasteiger partial charge is 0.271 e. The topological polar surface area (TPSA) is 50.9 Å². The highest BCUT2D eigenvalue weighted by Crippen LogP contribution is 2.25. The first-order chi connectivity index (χ1) is 9.98. The Balaban J connectivity index is 1.98. The molecule has 2 rings (SSSR count). The number of halogens is 3. The van der Waals surface area contributed by atoms with Gasteiger partial charge in [-0.3, -0.25) is 11.3 Å². The first kappa shape index (κ1) is 15.9. The van der Waals surface area contributed by atoms with E-state index in [0.29, 0.717) is 6.42 Å². The highest BCUT2D eigenvalue weighted by Gasteiger charge is 2.28. The van der Waals surface area contributed by atoms with Crippen LogP contribution < -0.4 is 11.3 Å². The summed E-state index contributed by atoms with van der Waals surface area (Å²) in [7, 11) is 0. The molecule has 0 aliphatic heterocycles. The highest BCUT2D eigenvalue weighted by molar-refractivity contribution is 7.09. The number of rotatable bonds is 6. The minimum atomic E-state index is -4.16. The molecule has 2 aromatic rings. The van der Waals surface area contributed by atoms with E-state index in [1.165, 1.54) is 11.3 Å². The van der Waals surface area contributed by atoms with Crippen LogP contribution in [0, 0.1) is 0 Å². The van der Waals surface area contributed by atoms with Crippen LogP contribution in [0.3, 0.4) is 0 Å². The van der Waals surface area contributed by atoms with Crippen LogP contribution >= 0.6 is 11.3 Å².